The Bertz CT molecular complexity index is 634. The van der Waals surface area contributed by atoms with Gasteiger partial charge in [0.25, 0.3) is 0 Å². The lowest BCUT2D eigenvalue weighted by atomic mass is 10.3. The van der Waals surface area contributed by atoms with Crippen molar-refractivity contribution in [1.29, 1.82) is 0 Å². The molecule has 0 aliphatic heterocycles. The normalized spacial score (nSPS) is 10.6. The van der Waals surface area contributed by atoms with E-state index < -0.39 is 5.97 Å². The van der Waals surface area contributed by atoms with Gasteiger partial charge >= 0.3 is 5.97 Å². The Morgan fingerprint density at radius 2 is 2.22 bits per heavy atom. The van der Waals surface area contributed by atoms with Crippen LogP contribution in [0.5, 0.6) is 0 Å². The van der Waals surface area contributed by atoms with Gasteiger partial charge < -0.3 is 9.14 Å². The number of ketones is 1. The molecule has 0 amide bonds. The van der Waals surface area contributed by atoms with Gasteiger partial charge in [0.15, 0.2) is 5.69 Å². The molecule has 0 bridgehead atoms. The summed E-state index contributed by atoms with van der Waals surface area (Å²) >= 11 is 5.89. The first-order chi connectivity index (χ1) is 8.52. The number of aromatic nitrogens is 2. The second-order valence-electron chi connectivity index (χ2n) is 3.85. The monoisotopic (exact) mass is 266 g/mol. The molecule has 0 radical (unpaired) electrons. The molecule has 0 spiro atoms. The highest BCUT2D eigenvalue weighted by Gasteiger charge is 2.18. The highest BCUT2D eigenvalue weighted by molar-refractivity contribution is 6.31. The number of Topliss-reactive ketones (excluding diaryl/α,β-unsaturated/α-hetero) is 1. The van der Waals surface area contributed by atoms with E-state index in [0.29, 0.717) is 16.4 Å². The Balaban J connectivity index is 2.66. The number of methoxy groups -OCH3 is 1. The van der Waals surface area contributed by atoms with Crippen LogP contribution in [0.3, 0.4) is 0 Å². The zero-order chi connectivity index (χ0) is 13.3. The molecule has 0 unspecified atom stereocenters. The minimum absolute atomic E-state index is 0.0340. The maximum Gasteiger partial charge on any atom is 0.358 e. The van der Waals surface area contributed by atoms with Crippen LogP contribution in [0.1, 0.15) is 23.2 Å². The van der Waals surface area contributed by atoms with Crippen LogP contribution in [0, 0.1) is 0 Å². The number of esters is 1. The molecule has 2 rings (SSSR count). The standard InChI is InChI=1S/C12H11ClN2O3/c1-7(16)5-10-14-11(12(17)18-2)9-6-8(13)3-4-15(9)10/h3-4,6H,5H2,1-2H3. The summed E-state index contributed by atoms with van der Waals surface area (Å²) in [6, 6.07) is 3.28. The minimum Gasteiger partial charge on any atom is -0.464 e. The fourth-order valence-electron chi connectivity index (χ4n) is 1.72. The van der Waals surface area contributed by atoms with Crippen LogP contribution >= 0.6 is 11.6 Å². The molecule has 2 aromatic heterocycles. The fraction of sp³-hybridized carbons (Fsp3) is 0.250. The van der Waals surface area contributed by atoms with Crippen molar-refractivity contribution < 1.29 is 14.3 Å². The summed E-state index contributed by atoms with van der Waals surface area (Å²) in [5.74, 6) is -0.0904. The van der Waals surface area contributed by atoms with Crippen molar-refractivity contribution in [2.24, 2.45) is 0 Å². The van der Waals surface area contributed by atoms with E-state index in [0.717, 1.165) is 0 Å². The van der Waals surface area contributed by atoms with Crippen LogP contribution < -0.4 is 0 Å². The van der Waals surface area contributed by atoms with E-state index in [1.54, 1.807) is 22.7 Å². The van der Waals surface area contributed by atoms with Gasteiger partial charge in [-0.05, 0) is 19.1 Å². The Kier molecular flexibility index (Phi) is 3.34. The highest BCUT2D eigenvalue weighted by Crippen LogP contribution is 2.19. The lowest BCUT2D eigenvalue weighted by Crippen LogP contribution is -2.03. The first kappa shape index (κ1) is 12.6. The number of pyridine rings is 1. The number of fused-ring (bicyclic) bond motifs is 1. The van der Waals surface area contributed by atoms with Crippen molar-refractivity contribution in [3.05, 3.63) is 34.9 Å². The summed E-state index contributed by atoms with van der Waals surface area (Å²) in [7, 11) is 1.28. The SMILES string of the molecule is COC(=O)c1nc(CC(C)=O)n2ccc(Cl)cc12. The van der Waals surface area contributed by atoms with Crippen molar-refractivity contribution in [1.82, 2.24) is 9.38 Å². The van der Waals surface area contributed by atoms with Gasteiger partial charge in [-0.2, -0.15) is 0 Å². The van der Waals surface area contributed by atoms with Crippen LogP contribution in [-0.2, 0) is 16.0 Å². The molecule has 0 aliphatic carbocycles. The molecule has 0 saturated heterocycles. The first-order valence-electron chi connectivity index (χ1n) is 5.27. The lowest BCUT2D eigenvalue weighted by molar-refractivity contribution is -0.116. The molecule has 0 N–H and O–H groups in total. The zero-order valence-electron chi connectivity index (χ0n) is 9.94. The van der Waals surface area contributed by atoms with Gasteiger partial charge in [-0.3, -0.25) is 4.79 Å². The van der Waals surface area contributed by atoms with Crippen molar-refractivity contribution in [2.75, 3.05) is 7.11 Å². The fourth-order valence-corrected chi connectivity index (χ4v) is 1.88. The van der Waals surface area contributed by atoms with E-state index in [-0.39, 0.29) is 17.9 Å². The Labute approximate surface area is 108 Å². The van der Waals surface area contributed by atoms with E-state index in [4.69, 9.17) is 11.6 Å². The minimum atomic E-state index is -0.551. The number of imidazole rings is 1. The van der Waals surface area contributed by atoms with Gasteiger partial charge in [0.05, 0.1) is 19.0 Å². The predicted octanol–water partition coefficient (Wildman–Crippen LogP) is 1.91. The van der Waals surface area contributed by atoms with Crippen LogP contribution in [0.2, 0.25) is 5.02 Å². The lowest BCUT2D eigenvalue weighted by Gasteiger charge is -1.99. The average Bonchev–Trinajstić information content (AvgIpc) is 2.65. The van der Waals surface area contributed by atoms with Crippen LogP contribution in [0.25, 0.3) is 5.52 Å². The molecule has 2 heterocycles. The number of hydrogen-bond acceptors (Lipinski definition) is 4. The Morgan fingerprint density at radius 1 is 1.50 bits per heavy atom. The molecular weight excluding hydrogens is 256 g/mol. The van der Waals surface area contributed by atoms with Crippen molar-refractivity contribution >= 4 is 28.9 Å². The topological polar surface area (TPSA) is 60.7 Å². The number of hydrogen-bond donors (Lipinski definition) is 0. The smallest absolute Gasteiger partial charge is 0.358 e. The summed E-state index contributed by atoms with van der Waals surface area (Å²) in [5, 5.41) is 0.488. The van der Waals surface area contributed by atoms with Gasteiger partial charge in [-0.25, -0.2) is 9.78 Å². The number of rotatable bonds is 3. The van der Waals surface area contributed by atoms with Gasteiger partial charge in [0, 0.05) is 11.2 Å². The van der Waals surface area contributed by atoms with E-state index in [2.05, 4.69) is 9.72 Å². The third-order valence-corrected chi connectivity index (χ3v) is 2.70. The summed E-state index contributed by atoms with van der Waals surface area (Å²) in [5.41, 5.74) is 0.696. The molecule has 94 valence electrons. The number of ether oxygens (including phenoxy) is 1. The van der Waals surface area contributed by atoms with Crippen LogP contribution in [0.15, 0.2) is 18.3 Å². The molecular formula is C12H11ClN2O3. The van der Waals surface area contributed by atoms with Crippen molar-refractivity contribution in [3.8, 4) is 0 Å². The predicted molar refractivity (Wildman–Crippen MR) is 65.9 cm³/mol. The third-order valence-electron chi connectivity index (χ3n) is 2.46. The molecule has 0 aromatic carbocycles. The molecule has 6 heteroatoms. The number of halogens is 1. The van der Waals surface area contributed by atoms with Gasteiger partial charge in [0.1, 0.15) is 11.6 Å². The summed E-state index contributed by atoms with van der Waals surface area (Å²) < 4.78 is 6.33. The van der Waals surface area contributed by atoms with E-state index in [9.17, 15) is 9.59 Å². The Morgan fingerprint density at radius 3 is 2.83 bits per heavy atom. The quantitative estimate of drug-likeness (QED) is 0.796. The molecule has 2 aromatic rings. The molecule has 0 aliphatic rings. The highest BCUT2D eigenvalue weighted by atomic mass is 35.5. The summed E-state index contributed by atoms with van der Waals surface area (Å²) in [6.45, 7) is 1.47. The summed E-state index contributed by atoms with van der Waals surface area (Å²) in [6.07, 6.45) is 1.83. The third kappa shape index (κ3) is 2.22. The zero-order valence-corrected chi connectivity index (χ0v) is 10.7. The van der Waals surface area contributed by atoms with Crippen molar-refractivity contribution in [3.63, 3.8) is 0 Å². The molecule has 5 nitrogen and oxygen atoms in total. The van der Waals surface area contributed by atoms with E-state index >= 15 is 0 Å². The molecule has 0 saturated carbocycles. The maximum absolute atomic E-state index is 11.6. The maximum atomic E-state index is 11.6. The van der Waals surface area contributed by atoms with Crippen molar-refractivity contribution in [2.45, 2.75) is 13.3 Å². The Hall–Kier alpha value is -1.88. The first-order valence-corrected chi connectivity index (χ1v) is 5.65. The number of nitrogens with zero attached hydrogens (tertiary/aromatic N) is 2. The van der Waals surface area contributed by atoms with Crippen LogP contribution in [-0.4, -0.2) is 28.2 Å². The van der Waals surface area contributed by atoms with E-state index in [1.807, 2.05) is 0 Å². The second kappa shape index (κ2) is 4.78. The summed E-state index contributed by atoms with van der Waals surface area (Å²) in [4.78, 5) is 26.9. The second-order valence-corrected chi connectivity index (χ2v) is 4.28. The number of carbonyl (C=O) groups excluding carboxylic acids is 2. The average molecular weight is 267 g/mol. The molecule has 18 heavy (non-hydrogen) atoms. The van der Waals surface area contributed by atoms with Gasteiger partial charge in [0.2, 0.25) is 0 Å². The molecule has 0 atom stereocenters. The number of carbonyl (C=O) groups is 2. The van der Waals surface area contributed by atoms with E-state index in [1.165, 1.54) is 14.0 Å². The molecule has 0 fully saturated rings. The van der Waals surface area contributed by atoms with Crippen LogP contribution in [0.4, 0.5) is 0 Å². The van der Waals surface area contributed by atoms with Gasteiger partial charge in [-0.15, -0.1) is 0 Å². The largest absolute Gasteiger partial charge is 0.464 e. The van der Waals surface area contributed by atoms with Gasteiger partial charge in [-0.1, -0.05) is 11.6 Å².